The number of benzene rings is 1. The number of nitrogens with zero attached hydrogens (tertiary/aromatic N) is 4. The molecule has 1 aliphatic rings. The maximum atomic E-state index is 5.38. The van der Waals surface area contributed by atoms with Gasteiger partial charge < -0.3 is 20.3 Å². The molecule has 0 amide bonds. The Bertz CT molecular complexity index is 698. The van der Waals surface area contributed by atoms with Gasteiger partial charge in [-0.1, -0.05) is 0 Å². The zero-order valence-electron chi connectivity index (χ0n) is 15.8. The van der Waals surface area contributed by atoms with Gasteiger partial charge in [0.05, 0.1) is 13.2 Å². The molecule has 1 aromatic heterocycles. The fourth-order valence-electron chi connectivity index (χ4n) is 2.85. The molecular weight excluding hydrogens is 328 g/mol. The second-order valence-electron chi connectivity index (χ2n) is 6.67. The molecule has 0 unspecified atom stereocenters. The Morgan fingerprint density at radius 1 is 1.12 bits per heavy atom. The van der Waals surface area contributed by atoms with Gasteiger partial charge in [0.25, 0.3) is 0 Å². The van der Waals surface area contributed by atoms with Crippen LogP contribution in [0.1, 0.15) is 5.69 Å². The predicted molar refractivity (Wildman–Crippen MR) is 107 cm³/mol. The number of anilines is 4. The molecule has 1 aromatic carbocycles. The van der Waals surface area contributed by atoms with E-state index in [4.69, 9.17) is 4.74 Å². The zero-order chi connectivity index (χ0) is 18.4. The molecule has 2 aromatic rings. The molecule has 3 rings (SSSR count). The van der Waals surface area contributed by atoms with Crippen molar-refractivity contribution in [1.29, 1.82) is 0 Å². The zero-order valence-corrected chi connectivity index (χ0v) is 15.8. The van der Waals surface area contributed by atoms with E-state index in [0.29, 0.717) is 5.95 Å². The molecule has 7 heteroatoms. The van der Waals surface area contributed by atoms with Crippen molar-refractivity contribution in [2.24, 2.45) is 0 Å². The Kier molecular flexibility index (Phi) is 6.25. The highest BCUT2D eigenvalue weighted by atomic mass is 16.5. The number of rotatable bonds is 7. The standard InChI is InChI=1S/C19H28N6O/c1-15-14-18(22-16-4-6-17(7-5-16)24(2)3)23-19(21-15)20-8-9-25-10-12-26-13-11-25/h4-7,14H,8-13H2,1-3H3,(H2,20,21,22,23). The summed E-state index contributed by atoms with van der Waals surface area (Å²) < 4.78 is 5.38. The average molecular weight is 356 g/mol. The van der Waals surface area contributed by atoms with Gasteiger partial charge in [0.15, 0.2) is 0 Å². The smallest absolute Gasteiger partial charge is 0.224 e. The monoisotopic (exact) mass is 356 g/mol. The number of morpholine rings is 1. The van der Waals surface area contributed by atoms with Gasteiger partial charge >= 0.3 is 0 Å². The lowest BCUT2D eigenvalue weighted by Crippen LogP contribution is -2.39. The van der Waals surface area contributed by atoms with Crippen LogP contribution in [-0.2, 0) is 4.74 Å². The highest BCUT2D eigenvalue weighted by molar-refractivity contribution is 5.61. The molecule has 2 heterocycles. The minimum absolute atomic E-state index is 0.658. The molecule has 0 saturated carbocycles. The lowest BCUT2D eigenvalue weighted by molar-refractivity contribution is 0.0398. The SMILES string of the molecule is Cc1cc(Nc2ccc(N(C)C)cc2)nc(NCCN2CCOCC2)n1. The van der Waals surface area contributed by atoms with Gasteiger partial charge in [-0.25, -0.2) is 4.98 Å². The fourth-order valence-corrected chi connectivity index (χ4v) is 2.85. The third kappa shape index (κ3) is 5.31. The lowest BCUT2D eigenvalue weighted by Gasteiger charge is -2.26. The van der Waals surface area contributed by atoms with Crippen LogP contribution >= 0.6 is 0 Å². The van der Waals surface area contributed by atoms with Gasteiger partial charge in [-0.3, -0.25) is 4.90 Å². The van der Waals surface area contributed by atoms with Crippen LogP contribution in [0.5, 0.6) is 0 Å². The van der Waals surface area contributed by atoms with Crippen molar-refractivity contribution in [3.63, 3.8) is 0 Å². The molecule has 2 N–H and O–H groups in total. The first-order valence-electron chi connectivity index (χ1n) is 9.04. The number of nitrogens with one attached hydrogen (secondary N) is 2. The molecule has 0 bridgehead atoms. The topological polar surface area (TPSA) is 65.5 Å². The van der Waals surface area contributed by atoms with Crippen molar-refractivity contribution in [2.75, 3.05) is 69.0 Å². The van der Waals surface area contributed by atoms with Crippen molar-refractivity contribution in [3.8, 4) is 0 Å². The van der Waals surface area contributed by atoms with Gasteiger partial charge in [-0.2, -0.15) is 4.98 Å². The van der Waals surface area contributed by atoms with Crippen molar-refractivity contribution in [1.82, 2.24) is 14.9 Å². The number of hydrogen-bond donors (Lipinski definition) is 2. The van der Waals surface area contributed by atoms with Crippen LogP contribution in [0, 0.1) is 6.92 Å². The van der Waals surface area contributed by atoms with Crippen LogP contribution in [-0.4, -0.2) is 68.4 Å². The van der Waals surface area contributed by atoms with Crippen molar-refractivity contribution >= 4 is 23.1 Å². The molecule has 7 nitrogen and oxygen atoms in total. The maximum Gasteiger partial charge on any atom is 0.224 e. The largest absolute Gasteiger partial charge is 0.379 e. The number of hydrogen-bond acceptors (Lipinski definition) is 7. The molecule has 26 heavy (non-hydrogen) atoms. The lowest BCUT2D eigenvalue weighted by atomic mass is 10.2. The van der Waals surface area contributed by atoms with Crippen molar-refractivity contribution in [3.05, 3.63) is 36.0 Å². The Balaban J connectivity index is 1.57. The summed E-state index contributed by atoms with van der Waals surface area (Å²) in [6.45, 7) is 7.40. The van der Waals surface area contributed by atoms with E-state index in [1.807, 2.05) is 27.1 Å². The van der Waals surface area contributed by atoms with E-state index in [-0.39, 0.29) is 0 Å². The Morgan fingerprint density at radius 3 is 2.54 bits per heavy atom. The van der Waals surface area contributed by atoms with Crippen LogP contribution in [0.2, 0.25) is 0 Å². The van der Waals surface area contributed by atoms with Gasteiger partial charge in [-0.05, 0) is 31.2 Å². The molecular formula is C19H28N6O. The third-order valence-electron chi connectivity index (χ3n) is 4.33. The van der Waals surface area contributed by atoms with E-state index < -0.39 is 0 Å². The van der Waals surface area contributed by atoms with Gasteiger partial charge in [-0.15, -0.1) is 0 Å². The molecule has 0 aliphatic carbocycles. The summed E-state index contributed by atoms with van der Waals surface area (Å²) in [5, 5.41) is 6.69. The normalized spacial score (nSPS) is 14.9. The maximum absolute atomic E-state index is 5.38. The minimum Gasteiger partial charge on any atom is -0.379 e. The first-order chi connectivity index (χ1) is 12.6. The summed E-state index contributed by atoms with van der Waals surface area (Å²) in [4.78, 5) is 13.5. The van der Waals surface area contributed by atoms with Gasteiger partial charge in [0.1, 0.15) is 5.82 Å². The van der Waals surface area contributed by atoms with E-state index in [1.165, 1.54) is 5.69 Å². The van der Waals surface area contributed by atoms with E-state index in [1.54, 1.807) is 0 Å². The molecule has 0 spiro atoms. The minimum atomic E-state index is 0.658. The highest BCUT2D eigenvalue weighted by Crippen LogP contribution is 2.20. The second-order valence-corrected chi connectivity index (χ2v) is 6.67. The Hall–Kier alpha value is -2.38. The highest BCUT2D eigenvalue weighted by Gasteiger charge is 2.10. The molecule has 1 aliphatic heterocycles. The summed E-state index contributed by atoms with van der Waals surface area (Å²) in [5.41, 5.74) is 3.11. The van der Waals surface area contributed by atoms with Crippen LogP contribution in [0.15, 0.2) is 30.3 Å². The van der Waals surface area contributed by atoms with Crippen LogP contribution in [0.25, 0.3) is 0 Å². The fraction of sp³-hybridized carbons (Fsp3) is 0.474. The number of aromatic nitrogens is 2. The quantitative estimate of drug-likeness (QED) is 0.789. The number of aryl methyl sites for hydroxylation is 1. The molecule has 1 saturated heterocycles. The number of ether oxygens (including phenoxy) is 1. The van der Waals surface area contributed by atoms with E-state index in [0.717, 1.165) is 56.6 Å². The summed E-state index contributed by atoms with van der Waals surface area (Å²) in [6.07, 6.45) is 0. The molecule has 0 atom stereocenters. The second kappa shape index (κ2) is 8.82. The van der Waals surface area contributed by atoms with Gasteiger partial charge in [0.2, 0.25) is 5.95 Å². The predicted octanol–water partition coefficient (Wildman–Crippen LogP) is 2.34. The van der Waals surface area contributed by atoms with Crippen LogP contribution in [0.4, 0.5) is 23.1 Å². The van der Waals surface area contributed by atoms with E-state index >= 15 is 0 Å². The average Bonchev–Trinajstić information content (AvgIpc) is 2.62. The summed E-state index contributed by atoms with van der Waals surface area (Å²) >= 11 is 0. The molecule has 0 radical (unpaired) electrons. The molecule has 140 valence electrons. The first kappa shape index (κ1) is 18.4. The van der Waals surface area contributed by atoms with Gasteiger partial charge in [0, 0.05) is 63.4 Å². The third-order valence-corrected chi connectivity index (χ3v) is 4.33. The summed E-state index contributed by atoms with van der Waals surface area (Å²) in [7, 11) is 4.07. The van der Waals surface area contributed by atoms with E-state index in [9.17, 15) is 0 Å². The van der Waals surface area contributed by atoms with Crippen molar-refractivity contribution < 1.29 is 4.74 Å². The van der Waals surface area contributed by atoms with Crippen molar-refractivity contribution in [2.45, 2.75) is 6.92 Å². The molecule has 1 fully saturated rings. The van der Waals surface area contributed by atoms with Crippen LogP contribution < -0.4 is 15.5 Å². The Labute approximate surface area is 155 Å². The first-order valence-corrected chi connectivity index (χ1v) is 9.04. The van der Waals surface area contributed by atoms with E-state index in [2.05, 4.69) is 54.7 Å². The summed E-state index contributed by atoms with van der Waals surface area (Å²) in [6, 6.07) is 10.2. The van der Waals surface area contributed by atoms with Crippen LogP contribution in [0.3, 0.4) is 0 Å². The Morgan fingerprint density at radius 2 is 1.85 bits per heavy atom. The summed E-state index contributed by atoms with van der Waals surface area (Å²) in [5.74, 6) is 1.45.